The summed E-state index contributed by atoms with van der Waals surface area (Å²) in [6.07, 6.45) is 27.4. The van der Waals surface area contributed by atoms with Crippen molar-refractivity contribution in [3.05, 3.63) is 24.3 Å². The fourth-order valence-electron chi connectivity index (χ4n) is 2.77. The number of rotatable bonds is 17. The number of carbonyl (C=O) groups is 1. The van der Waals surface area contributed by atoms with Crippen molar-refractivity contribution in [1.29, 1.82) is 0 Å². The number of unbranched alkanes of at least 4 members (excludes halogenated alkanes) is 8. The quantitative estimate of drug-likeness (QED) is 0.155. The van der Waals surface area contributed by atoms with Gasteiger partial charge in [-0.15, -0.1) is 0 Å². The van der Waals surface area contributed by atoms with Crippen molar-refractivity contribution in [2.45, 2.75) is 104 Å². The average molecular weight is 321 g/mol. The minimum absolute atomic E-state index is 0.275. The number of aldehydes is 1. The molecule has 0 rings (SSSR count). The van der Waals surface area contributed by atoms with Gasteiger partial charge in [-0.1, -0.05) is 63.8 Å². The van der Waals surface area contributed by atoms with Crippen molar-refractivity contribution in [2.75, 3.05) is 0 Å². The minimum atomic E-state index is 0.275. The second kappa shape index (κ2) is 19.2. The molecule has 1 unspecified atom stereocenters. The molecule has 0 aromatic rings. The Balaban J connectivity index is 3.50. The second-order valence-electron chi connectivity index (χ2n) is 6.69. The van der Waals surface area contributed by atoms with Gasteiger partial charge in [0.05, 0.1) is 0 Å². The zero-order valence-corrected chi connectivity index (χ0v) is 15.8. The average Bonchev–Trinajstić information content (AvgIpc) is 2.57. The summed E-state index contributed by atoms with van der Waals surface area (Å²) < 4.78 is 0. The molecule has 0 aromatic heterocycles. The molecule has 0 amide bonds. The Morgan fingerprint density at radius 3 is 1.35 bits per heavy atom. The first-order valence-corrected chi connectivity index (χ1v) is 10.1. The van der Waals surface area contributed by atoms with Crippen LogP contribution < -0.4 is 0 Å². The molecular formula is C22H40O. The molecule has 0 saturated carbocycles. The maximum absolute atomic E-state index is 11.1. The van der Waals surface area contributed by atoms with Gasteiger partial charge in [0.25, 0.3) is 0 Å². The Morgan fingerprint density at radius 2 is 1.00 bits per heavy atom. The van der Waals surface area contributed by atoms with Crippen LogP contribution in [0.3, 0.4) is 0 Å². The van der Waals surface area contributed by atoms with Crippen LogP contribution in [0, 0.1) is 5.92 Å². The molecule has 0 heterocycles. The summed E-state index contributed by atoms with van der Waals surface area (Å²) in [4.78, 5) is 11.1. The van der Waals surface area contributed by atoms with E-state index in [9.17, 15) is 4.79 Å². The van der Waals surface area contributed by atoms with Gasteiger partial charge >= 0.3 is 0 Å². The van der Waals surface area contributed by atoms with Gasteiger partial charge in [0.15, 0.2) is 0 Å². The van der Waals surface area contributed by atoms with Crippen molar-refractivity contribution < 1.29 is 4.79 Å². The molecule has 0 bridgehead atoms. The van der Waals surface area contributed by atoms with Crippen LogP contribution in [-0.4, -0.2) is 6.29 Å². The first kappa shape index (κ1) is 22.1. The minimum Gasteiger partial charge on any atom is -0.303 e. The van der Waals surface area contributed by atoms with Gasteiger partial charge < -0.3 is 4.79 Å². The Morgan fingerprint density at radius 1 is 0.609 bits per heavy atom. The monoisotopic (exact) mass is 320 g/mol. The van der Waals surface area contributed by atoms with Gasteiger partial charge in [0.2, 0.25) is 0 Å². The Kier molecular flexibility index (Phi) is 18.5. The maximum Gasteiger partial charge on any atom is 0.123 e. The molecule has 1 atom stereocenters. The molecule has 23 heavy (non-hydrogen) atoms. The lowest BCUT2D eigenvalue weighted by molar-refractivity contribution is -0.111. The van der Waals surface area contributed by atoms with E-state index in [0.29, 0.717) is 0 Å². The maximum atomic E-state index is 11.1. The number of hydrogen-bond acceptors (Lipinski definition) is 1. The van der Waals surface area contributed by atoms with Gasteiger partial charge in [0.1, 0.15) is 6.29 Å². The van der Waals surface area contributed by atoms with E-state index in [-0.39, 0.29) is 5.92 Å². The van der Waals surface area contributed by atoms with Crippen molar-refractivity contribution >= 4 is 6.29 Å². The SMILES string of the molecule is CCCCC/C=C\CCCC(C=O)CCC/C=C/CCCCC. The highest BCUT2D eigenvalue weighted by Gasteiger charge is 2.05. The molecule has 0 radical (unpaired) electrons. The zero-order chi connectivity index (χ0) is 17.0. The summed E-state index contributed by atoms with van der Waals surface area (Å²) >= 11 is 0. The van der Waals surface area contributed by atoms with E-state index in [4.69, 9.17) is 0 Å². The molecule has 0 N–H and O–H groups in total. The molecule has 0 aromatic carbocycles. The fraction of sp³-hybridized carbons (Fsp3) is 0.773. The van der Waals surface area contributed by atoms with Crippen molar-refractivity contribution in [3.63, 3.8) is 0 Å². The summed E-state index contributed by atoms with van der Waals surface area (Å²) in [5, 5.41) is 0. The molecule has 0 aliphatic carbocycles. The van der Waals surface area contributed by atoms with Gasteiger partial charge in [0, 0.05) is 5.92 Å². The molecule has 0 saturated heterocycles. The molecule has 134 valence electrons. The third kappa shape index (κ3) is 17.3. The molecular weight excluding hydrogens is 280 g/mol. The topological polar surface area (TPSA) is 17.1 Å². The van der Waals surface area contributed by atoms with Crippen LogP contribution in [0.15, 0.2) is 24.3 Å². The molecule has 0 aliphatic heterocycles. The van der Waals surface area contributed by atoms with Crippen molar-refractivity contribution in [2.24, 2.45) is 5.92 Å². The van der Waals surface area contributed by atoms with Crippen molar-refractivity contribution in [3.8, 4) is 0 Å². The first-order chi connectivity index (χ1) is 11.3. The lowest BCUT2D eigenvalue weighted by Gasteiger charge is -2.08. The lowest BCUT2D eigenvalue weighted by atomic mass is 9.97. The van der Waals surface area contributed by atoms with Crippen LogP contribution >= 0.6 is 0 Å². The van der Waals surface area contributed by atoms with Crippen LogP contribution in [0.4, 0.5) is 0 Å². The standard InChI is InChI=1S/C22H40O/c1-3-5-7-9-11-13-15-17-19-22(21-23)20-18-16-14-12-10-8-6-4-2/h11-14,21-22H,3-10,15-20H2,1-2H3/b13-11-,14-12+. The predicted octanol–water partition coefficient (Wildman–Crippen LogP) is 7.42. The fourth-order valence-corrected chi connectivity index (χ4v) is 2.77. The van der Waals surface area contributed by atoms with Crippen LogP contribution in [0.5, 0.6) is 0 Å². The van der Waals surface area contributed by atoms with Crippen molar-refractivity contribution in [1.82, 2.24) is 0 Å². The molecule has 0 aliphatic rings. The first-order valence-electron chi connectivity index (χ1n) is 10.1. The number of allylic oxidation sites excluding steroid dienone is 4. The van der Waals surface area contributed by atoms with Crippen LogP contribution in [-0.2, 0) is 4.79 Å². The normalized spacial score (nSPS) is 13.1. The van der Waals surface area contributed by atoms with E-state index >= 15 is 0 Å². The number of carbonyl (C=O) groups excluding carboxylic acids is 1. The third-order valence-electron chi connectivity index (χ3n) is 4.37. The lowest BCUT2D eigenvalue weighted by Crippen LogP contribution is -2.01. The Hall–Kier alpha value is -0.850. The molecule has 1 nitrogen and oxygen atoms in total. The predicted molar refractivity (Wildman–Crippen MR) is 104 cm³/mol. The molecule has 0 fully saturated rings. The summed E-state index contributed by atoms with van der Waals surface area (Å²) in [5.74, 6) is 0.275. The van der Waals surface area contributed by atoms with Crippen LogP contribution in [0.25, 0.3) is 0 Å². The summed E-state index contributed by atoms with van der Waals surface area (Å²) in [7, 11) is 0. The second-order valence-corrected chi connectivity index (χ2v) is 6.69. The highest BCUT2D eigenvalue weighted by atomic mass is 16.1. The summed E-state index contributed by atoms with van der Waals surface area (Å²) in [6.45, 7) is 4.48. The van der Waals surface area contributed by atoms with Gasteiger partial charge in [-0.2, -0.15) is 0 Å². The smallest absolute Gasteiger partial charge is 0.123 e. The largest absolute Gasteiger partial charge is 0.303 e. The van der Waals surface area contributed by atoms with E-state index in [1.54, 1.807) is 0 Å². The van der Waals surface area contributed by atoms with Crippen LogP contribution in [0.2, 0.25) is 0 Å². The zero-order valence-electron chi connectivity index (χ0n) is 15.8. The van der Waals surface area contributed by atoms with Gasteiger partial charge in [-0.3, -0.25) is 0 Å². The highest BCUT2D eigenvalue weighted by molar-refractivity contribution is 5.53. The van der Waals surface area contributed by atoms with Gasteiger partial charge in [-0.05, 0) is 64.2 Å². The number of hydrogen-bond donors (Lipinski definition) is 0. The van der Waals surface area contributed by atoms with E-state index in [1.165, 1.54) is 57.7 Å². The van der Waals surface area contributed by atoms with E-state index in [1.807, 2.05) is 0 Å². The van der Waals surface area contributed by atoms with E-state index in [0.717, 1.165) is 38.5 Å². The Bertz CT molecular complexity index is 264. The van der Waals surface area contributed by atoms with Gasteiger partial charge in [-0.25, -0.2) is 0 Å². The summed E-state index contributed by atoms with van der Waals surface area (Å²) in [6, 6.07) is 0. The third-order valence-corrected chi connectivity index (χ3v) is 4.37. The van der Waals surface area contributed by atoms with E-state index in [2.05, 4.69) is 38.2 Å². The highest BCUT2D eigenvalue weighted by Crippen LogP contribution is 2.15. The Labute approximate surface area is 145 Å². The van der Waals surface area contributed by atoms with Crippen LogP contribution in [0.1, 0.15) is 104 Å². The van der Waals surface area contributed by atoms with E-state index < -0.39 is 0 Å². The summed E-state index contributed by atoms with van der Waals surface area (Å²) in [5.41, 5.74) is 0. The molecule has 1 heteroatoms. The molecule has 0 spiro atoms.